The fourth-order valence-electron chi connectivity index (χ4n) is 3.36. The maximum absolute atomic E-state index is 10.2. The van der Waals surface area contributed by atoms with Crippen LogP contribution >= 0.6 is 11.3 Å². The van der Waals surface area contributed by atoms with Crippen LogP contribution in [0.4, 0.5) is 0 Å². The van der Waals surface area contributed by atoms with Crippen LogP contribution in [0.1, 0.15) is 18.1 Å². The molecule has 3 N–H and O–H groups in total. The second kappa shape index (κ2) is 7.03. The lowest BCUT2D eigenvalue weighted by Crippen LogP contribution is -2.06. The van der Waals surface area contributed by atoms with Gasteiger partial charge in [0.2, 0.25) is 0 Å². The van der Waals surface area contributed by atoms with Crippen molar-refractivity contribution in [2.45, 2.75) is 12.5 Å². The summed E-state index contributed by atoms with van der Waals surface area (Å²) in [4.78, 5) is 4.61. The highest BCUT2D eigenvalue weighted by atomic mass is 32.1. The highest BCUT2D eigenvalue weighted by Gasteiger charge is 2.15. The molecule has 0 spiro atoms. The Morgan fingerprint density at radius 1 is 1.15 bits per heavy atom. The molecular formula is C21H20N2O2S. The maximum atomic E-state index is 10.2. The van der Waals surface area contributed by atoms with Crippen molar-refractivity contribution in [3.05, 3.63) is 59.6 Å². The monoisotopic (exact) mass is 364 g/mol. The SMILES string of the molecule is COc1ccc2ncc3sccc3c2c1-c1ccc(C(O)CCN)cc1. The molecule has 2 heterocycles. The van der Waals surface area contributed by atoms with E-state index in [1.165, 1.54) is 5.39 Å². The van der Waals surface area contributed by atoms with Gasteiger partial charge in [-0.2, -0.15) is 0 Å². The molecule has 1 unspecified atom stereocenters. The Bertz CT molecular complexity index is 1060. The molecular weight excluding hydrogens is 344 g/mol. The summed E-state index contributed by atoms with van der Waals surface area (Å²) >= 11 is 1.68. The van der Waals surface area contributed by atoms with Crippen LogP contribution in [0.25, 0.3) is 32.1 Å². The second-order valence-electron chi connectivity index (χ2n) is 6.21. The summed E-state index contributed by atoms with van der Waals surface area (Å²) in [5.74, 6) is 0.813. The van der Waals surface area contributed by atoms with E-state index in [2.05, 4.69) is 16.4 Å². The first kappa shape index (κ1) is 17.0. The highest BCUT2D eigenvalue weighted by molar-refractivity contribution is 7.17. The molecule has 0 radical (unpaired) electrons. The van der Waals surface area contributed by atoms with E-state index in [0.717, 1.165) is 38.0 Å². The third kappa shape index (κ3) is 2.84. The first-order chi connectivity index (χ1) is 12.7. The summed E-state index contributed by atoms with van der Waals surface area (Å²) in [6.07, 6.45) is 1.94. The lowest BCUT2D eigenvalue weighted by molar-refractivity contribution is 0.170. The first-order valence-corrected chi connectivity index (χ1v) is 9.42. The topological polar surface area (TPSA) is 68.4 Å². The molecule has 4 nitrogen and oxygen atoms in total. The summed E-state index contributed by atoms with van der Waals surface area (Å²) < 4.78 is 6.81. The molecule has 4 rings (SSSR count). The van der Waals surface area contributed by atoms with E-state index in [-0.39, 0.29) is 0 Å². The van der Waals surface area contributed by atoms with Gasteiger partial charge in [-0.15, -0.1) is 11.3 Å². The average molecular weight is 364 g/mol. The van der Waals surface area contributed by atoms with Crippen molar-refractivity contribution in [3.8, 4) is 16.9 Å². The van der Waals surface area contributed by atoms with Gasteiger partial charge in [-0.1, -0.05) is 24.3 Å². The first-order valence-electron chi connectivity index (χ1n) is 8.54. The van der Waals surface area contributed by atoms with E-state index in [9.17, 15) is 5.11 Å². The molecule has 132 valence electrons. The number of hydrogen-bond acceptors (Lipinski definition) is 5. The van der Waals surface area contributed by atoms with Gasteiger partial charge in [0.25, 0.3) is 0 Å². The van der Waals surface area contributed by atoms with E-state index < -0.39 is 6.10 Å². The minimum Gasteiger partial charge on any atom is -0.496 e. The number of aliphatic hydroxyl groups is 1. The summed E-state index contributed by atoms with van der Waals surface area (Å²) in [7, 11) is 1.69. The highest BCUT2D eigenvalue weighted by Crippen LogP contribution is 2.41. The van der Waals surface area contributed by atoms with Crippen molar-refractivity contribution in [1.29, 1.82) is 0 Å². The minimum absolute atomic E-state index is 0.460. The van der Waals surface area contributed by atoms with Gasteiger partial charge >= 0.3 is 0 Å². The van der Waals surface area contributed by atoms with Gasteiger partial charge < -0.3 is 15.6 Å². The summed E-state index contributed by atoms with van der Waals surface area (Å²) in [5, 5.41) is 14.5. The van der Waals surface area contributed by atoms with E-state index in [1.54, 1.807) is 18.4 Å². The van der Waals surface area contributed by atoms with Gasteiger partial charge in [0.15, 0.2) is 0 Å². The lowest BCUT2D eigenvalue weighted by atomic mass is 9.95. The van der Waals surface area contributed by atoms with Gasteiger partial charge in [-0.25, -0.2) is 0 Å². The number of aromatic nitrogens is 1. The van der Waals surface area contributed by atoms with Crippen LogP contribution in [0.2, 0.25) is 0 Å². The largest absolute Gasteiger partial charge is 0.496 e. The molecule has 2 aromatic heterocycles. The molecule has 0 fully saturated rings. The normalized spacial score (nSPS) is 12.6. The predicted octanol–water partition coefficient (Wildman–Crippen LogP) is 4.51. The number of thiophene rings is 1. The number of pyridine rings is 1. The molecule has 0 amide bonds. The summed E-state index contributed by atoms with van der Waals surface area (Å²) in [6.45, 7) is 0.460. The van der Waals surface area contributed by atoms with Crippen LogP contribution in [-0.4, -0.2) is 23.7 Å². The Morgan fingerprint density at radius 3 is 2.69 bits per heavy atom. The van der Waals surface area contributed by atoms with Crippen molar-refractivity contribution in [2.75, 3.05) is 13.7 Å². The fraction of sp³-hybridized carbons (Fsp3) is 0.190. The Hall–Kier alpha value is -2.47. The fourth-order valence-corrected chi connectivity index (χ4v) is 4.12. The van der Waals surface area contributed by atoms with Crippen LogP contribution in [0.15, 0.2) is 54.0 Å². The number of aliphatic hydroxyl groups excluding tert-OH is 1. The number of nitrogens with two attached hydrogens (primary N) is 1. The number of benzene rings is 2. The molecule has 26 heavy (non-hydrogen) atoms. The third-order valence-electron chi connectivity index (χ3n) is 4.67. The molecule has 4 aromatic rings. The number of ether oxygens (including phenoxy) is 1. The van der Waals surface area contributed by atoms with Gasteiger partial charge in [-0.05, 0) is 47.7 Å². The molecule has 1 atom stereocenters. The summed E-state index contributed by atoms with van der Waals surface area (Å²) in [6, 6.07) is 14.0. The minimum atomic E-state index is -0.534. The van der Waals surface area contributed by atoms with Crippen LogP contribution in [0, 0.1) is 0 Å². The number of fused-ring (bicyclic) bond motifs is 3. The quantitative estimate of drug-likeness (QED) is 0.547. The summed E-state index contributed by atoms with van der Waals surface area (Å²) in [5.41, 5.74) is 9.43. The van der Waals surface area contributed by atoms with Crippen LogP contribution < -0.4 is 10.5 Å². The second-order valence-corrected chi connectivity index (χ2v) is 7.16. The van der Waals surface area contributed by atoms with Gasteiger partial charge in [-0.3, -0.25) is 4.98 Å². The van der Waals surface area contributed by atoms with Crippen molar-refractivity contribution in [2.24, 2.45) is 5.73 Å². The van der Waals surface area contributed by atoms with Gasteiger partial charge in [0.1, 0.15) is 5.75 Å². The molecule has 0 aliphatic carbocycles. The molecule has 0 saturated carbocycles. The Labute approximate surface area is 155 Å². The Morgan fingerprint density at radius 2 is 1.96 bits per heavy atom. The Balaban J connectivity index is 1.93. The van der Waals surface area contributed by atoms with Crippen molar-refractivity contribution >= 4 is 32.3 Å². The van der Waals surface area contributed by atoms with Gasteiger partial charge in [0, 0.05) is 22.5 Å². The molecule has 0 aliphatic heterocycles. The van der Waals surface area contributed by atoms with Gasteiger partial charge in [0.05, 0.1) is 23.4 Å². The van der Waals surface area contributed by atoms with Crippen molar-refractivity contribution in [1.82, 2.24) is 4.98 Å². The number of hydrogen-bond donors (Lipinski definition) is 2. The number of rotatable bonds is 5. The van der Waals surface area contributed by atoms with Crippen LogP contribution in [-0.2, 0) is 0 Å². The predicted molar refractivity (Wildman–Crippen MR) is 108 cm³/mol. The molecule has 2 aromatic carbocycles. The smallest absolute Gasteiger partial charge is 0.127 e. The molecule has 0 bridgehead atoms. The third-order valence-corrected chi connectivity index (χ3v) is 5.53. The van der Waals surface area contributed by atoms with Crippen molar-refractivity contribution < 1.29 is 9.84 Å². The van der Waals surface area contributed by atoms with Crippen LogP contribution in [0.3, 0.4) is 0 Å². The van der Waals surface area contributed by atoms with E-state index in [0.29, 0.717) is 13.0 Å². The number of nitrogens with zero attached hydrogens (tertiary/aromatic N) is 1. The van der Waals surface area contributed by atoms with Crippen LogP contribution in [0.5, 0.6) is 5.75 Å². The zero-order chi connectivity index (χ0) is 18.1. The van der Waals surface area contributed by atoms with E-state index in [1.807, 2.05) is 42.6 Å². The zero-order valence-corrected chi connectivity index (χ0v) is 15.3. The molecule has 5 heteroatoms. The van der Waals surface area contributed by atoms with Crippen molar-refractivity contribution in [3.63, 3.8) is 0 Å². The zero-order valence-electron chi connectivity index (χ0n) is 14.5. The standard InChI is InChI=1S/C21H20N2O2S/c1-25-18-7-6-16-21(15-9-11-26-19(15)12-23-16)20(18)14-4-2-13(3-5-14)17(24)8-10-22/h2-7,9,11-12,17,24H,8,10,22H2,1H3. The number of methoxy groups -OCH3 is 1. The van der Waals surface area contributed by atoms with E-state index >= 15 is 0 Å². The molecule has 0 aliphatic rings. The lowest BCUT2D eigenvalue weighted by Gasteiger charge is -2.15. The molecule has 0 saturated heterocycles. The maximum Gasteiger partial charge on any atom is 0.127 e. The van der Waals surface area contributed by atoms with E-state index in [4.69, 9.17) is 10.5 Å². The Kier molecular flexibility index (Phi) is 4.59. The average Bonchev–Trinajstić information content (AvgIpc) is 3.16.